The van der Waals surface area contributed by atoms with E-state index in [2.05, 4.69) is 4.98 Å². The highest BCUT2D eigenvalue weighted by Gasteiger charge is 2.17. The summed E-state index contributed by atoms with van der Waals surface area (Å²) in [6.07, 6.45) is 2.89. The van der Waals surface area contributed by atoms with E-state index in [1.54, 1.807) is 49.5 Å². The summed E-state index contributed by atoms with van der Waals surface area (Å²) in [7, 11) is 1.52. The first kappa shape index (κ1) is 21.8. The predicted molar refractivity (Wildman–Crippen MR) is 115 cm³/mol. The molecule has 0 amide bonds. The van der Waals surface area contributed by atoms with E-state index in [1.165, 1.54) is 7.11 Å². The topological polar surface area (TPSA) is 48.4 Å². The van der Waals surface area contributed by atoms with Gasteiger partial charge in [-0.1, -0.05) is 35.9 Å². The molecular weight excluding hydrogens is 405 g/mol. The minimum atomic E-state index is -0.344. The van der Waals surface area contributed by atoms with Gasteiger partial charge in [-0.2, -0.15) is 0 Å². The van der Waals surface area contributed by atoms with E-state index in [4.69, 9.17) is 21.1 Å². The predicted octanol–water partition coefficient (Wildman–Crippen LogP) is 5.64. The number of carbonyl (C=O) groups is 1. The number of ether oxygens (including phenoxy) is 2. The van der Waals surface area contributed by atoms with Crippen molar-refractivity contribution in [1.82, 2.24) is 4.98 Å². The summed E-state index contributed by atoms with van der Waals surface area (Å²) >= 11 is 6.09. The maximum Gasteiger partial charge on any atom is 0.306 e. The van der Waals surface area contributed by atoms with E-state index in [0.717, 1.165) is 11.3 Å². The number of methoxy groups -OCH3 is 1. The van der Waals surface area contributed by atoms with Gasteiger partial charge in [0.1, 0.15) is 11.6 Å². The first-order valence-corrected chi connectivity index (χ1v) is 10.1. The molecule has 0 N–H and O–H groups in total. The van der Waals surface area contributed by atoms with Crippen molar-refractivity contribution < 1.29 is 18.7 Å². The number of benzene rings is 2. The van der Waals surface area contributed by atoms with Gasteiger partial charge in [0.25, 0.3) is 0 Å². The van der Waals surface area contributed by atoms with Gasteiger partial charge in [0, 0.05) is 29.8 Å². The Hall–Kier alpha value is -2.92. The van der Waals surface area contributed by atoms with Gasteiger partial charge in [-0.25, -0.2) is 4.39 Å². The van der Waals surface area contributed by atoms with Gasteiger partial charge in [-0.05, 0) is 47.9 Å². The van der Waals surface area contributed by atoms with Crippen LogP contribution in [0.25, 0.3) is 11.1 Å². The Morgan fingerprint density at radius 1 is 1.17 bits per heavy atom. The number of nitrogens with zero attached hydrogens (tertiary/aromatic N) is 1. The molecule has 3 rings (SSSR count). The monoisotopic (exact) mass is 427 g/mol. The van der Waals surface area contributed by atoms with Crippen molar-refractivity contribution in [3.63, 3.8) is 0 Å². The fourth-order valence-corrected chi connectivity index (χ4v) is 3.40. The Balaban J connectivity index is 1.80. The lowest BCUT2D eigenvalue weighted by molar-refractivity contribution is -0.143. The minimum Gasteiger partial charge on any atom is -0.496 e. The zero-order chi connectivity index (χ0) is 21.5. The average Bonchev–Trinajstić information content (AvgIpc) is 2.74. The lowest BCUT2D eigenvalue weighted by atomic mass is 9.97. The Kier molecular flexibility index (Phi) is 7.41. The number of hydrogen-bond donors (Lipinski definition) is 0. The number of aryl methyl sites for hydroxylation is 1. The molecule has 0 bridgehead atoms. The van der Waals surface area contributed by atoms with E-state index in [1.807, 2.05) is 12.1 Å². The second-order valence-electron chi connectivity index (χ2n) is 6.77. The molecule has 156 valence electrons. The van der Waals surface area contributed by atoms with Crippen LogP contribution in [0.15, 0.2) is 54.7 Å². The van der Waals surface area contributed by atoms with Gasteiger partial charge in [-0.15, -0.1) is 0 Å². The Morgan fingerprint density at radius 2 is 2.00 bits per heavy atom. The number of esters is 1. The van der Waals surface area contributed by atoms with Gasteiger partial charge >= 0.3 is 5.97 Å². The molecule has 0 spiro atoms. The maximum absolute atomic E-state index is 15.4. The van der Waals surface area contributed by atoms with Crippen LogP contribution in [0.2, 0.25) is 5.02 Å². The van der Waals surface area contributed by atoms with E-state index in [0.29, 0.717) is 46.9 Å². The smallest absolute Gasteiger partial charge is 0.306 e. The Labute approximate surface area is 180 Å². The van der Waals surface area contributed by atoms with Gasteiger partial charge < -0.3 is 9.47 Å². The fraction of sp³-hybridized carbons (Fsp3) is 0.250. The van der Waals surface area contributed by atoms with Crippen LogP contribution in [0.4, 0.5) is 4.39 Å². The van der Waals surface area contributed by atoms with Gasteiger partial charge in [0.05, 0.1) is 25.7 Å². The number of rotatable bonds is 8. The fourth-order valence-electron chi connectivity index (χ4n) is 3.21. The van der Waals surface area contributed by atoms with Crippen molar-refractivity contribution in [1.29, 1.82) is 0 Å². The molecule has 0 unspecified atom stereocenters. The normalized spacial score (nSPS) is 10.7. The number of halogens is 2. The van der Waals surface area contributed by atoms with Crippen LogP contribution in [0.5, 0.6) is 5.75 Å². The SMILES string of the molecule is CCOC(=O)CCc1ccc(Cc2ccc(OC)c(-c3cccc(Cl)c3)c2F)cn1. The van der Waals surface area contributed by atoms with Crippen molar-refractivity contribution in [2.75, 3.05) is 13.7 Å². The lowest BCUT2D eigenvalue weighted by Crippen LogP contribution is -2.06. The zero-order valence-electron chi connectivity index (χ0n) is 17.0. The molecule has 30 heavy (non-hydrogen) atoms. The van der Waals surface area contributed by atoms with Gasteiger partial charge in [0.2, 0.25) is 0 Å². The highest BCUT2D eigenvalue weighted by Crippen LogP contribution is 2.36. The van der Waals surface area contributed by atoms with Crippen LogP contribution in [0.3, 0.4) is 0 Å². The summed E-state index contributed by atoms with van der Waals surface area (Å²) in [5, 5.41) is 0.530. The minimum absolute atomic E-state index is 0.239. The van der Waals surface area contributed by atoms with Crippen LogP contribution in [0, 0.1) is 5.82 Å². The molecule has 0 atom stereocenters. The number of hydrogen-bond acceptors (Lipinski definition) is 4. The molecule has 0 saturated heterocycles. The summed E-state index contributed by atoms with van der Waals surface area (Å²) in [5.41, 5.74) is 3.24. The maximum atomic E-state index is 15.4. The Morgan fingerprint density at radius 3 is 2.67 bits per heavy atom. The molecule has 1 aromatic heterocycles. The molecule has 0 aliphatic rings. The van der Waals surface area contributed by atoms with Crippen molar-refractivity contribution >= 4 is 17.6 Å². The molecule has 0 fully saturated rings. The van der Waals surface area contributed by atoms with Crippen molar-refractivity contribution in [2.45, 2.75) is 26.2 Å². The Bertz CT molecular complexity index is 1020. The lowest BCUT2D eigenvalue weighted by Gasteiger charge is -2.14. The molecular formula is C24H23ClFNO3. The summed E-state index contributed by atoms with van der Waals surface area (Å²) in [6.45, 7) is 2.15. The van der Waals surface area contributed by atoms with Crippen molar-refractivity contribution in [2.24, 2.45) is 0 Å². The first-order valence-electron chi connectivity index (χ1n) is 9.72. The molecule has 4 nitrogen and oxygen atoms in total. The quantitative estimate of drug-likeness (QED) is 0.437. The highest BCUT2D eigenvalue weighted by molar-refractivity contribution is 6.30. The van der Waals surface area contributed by atoms with Gasteiger partial charge in [-0.3, -0.25) is 9.78 Å². The standard InChI is InChI=1S/C24H23ClFNO3/c1-3-30-22(28)12-10-20-9-7-16(15-27-20)13-18-8-11-21(29-2)23(24(18)26)17-5-4-6-19(25)14-17/h4-9,11,14-15H,3,10,12-13H2,1-2H3. The summed E-state index contributed by atoms with van der Waals surface area (Å²) in [5.74, 6) is -0.133. The highest BCUT2D eigenvalue weighted by atomic mass is 35.5. The van der Waals surface area contributed by atoms with Crippen LogP contribution in [0.1, 0.15) is 30.2 Å². The van der Waals surface area contributed by atoms with Crippen LogP contribution < -0.4 is 4.74 Å². The largest absolute Gasteiger partial charge is 0.496 e. The van der Waals surface area contributed by atoms with Crippen molar-refractivity contribution in [3.05, 3.63) is 82.4 Å². The van der Waals surface area contributed by atoms with E-state index in [9.17, 15) is 4.79 Å². The van der Waals surface area contributed by atoms with Gasteiger partial charge in [0.15, 0.2) is 0 Å². The van der Waals surface area contributed by atoms with Crippen LogP contribution in [-0.4, -0.2) is 24.7 Å². The molecule has 0 aliphatic heterocycles. The molecule has 0 radical (unpaired) electrons. The van der Waals surface area contributed by atoms with Crippen LogP contribution >= 0.6 is 11.6 Å². The number of pyridine rings is 1. The van der Waals surface area contributed by atoms with E-state index in [-0.39, 0.29) is 18.2 Å². The summed E-state index contributed by atoms with van der Waals surface area (Å²) in [6, 6.07) is 14.3. The molecule has 3 aromatic rings. The molecule has 2 aromatic carbocycles. The molecule has 1 heterocycles. The third-order valence-electron chi connectivity index (χ3n) is 4.69. The molecule has 0 aliphatic carbocycles. The second-order valence-corrected chi connectivity index (χ2v) is 7.20. The zero-order valence-corrected chi connectivity index (χ0v) is 17.7. The third-order valence-corrected chi connectivity index (χ3v) is 4.92. The van der Waals surface area contributed by atoms with Crippen LogP contribution in [-0.2, 0) is 22.4 Å². The number of carbonyl (C=O) groups excluding carboxylic acids is 1. The average molecular weight is 428 g/mol. The summed E-state index contributed by atoms with van der Waals surface area (Å²) in [4.78, 5) is 15.9. The first-order chi connectivity index (χ1) is 14.5. The van der Waals surface area contributed by atoms with E-state index < -0.39 is 0 Å². The number of aromatic nitrogens is 1. The molecule has 0 saturated carbocycles. The molecule has 6 heteroatoms. The third kappa shape index (κ3) is 5.36. The summed E-state index contributed by atoms with van der Waals surface area (Å²) < 4.78 is 25.7. The van der Waals surface area contributed by atoms with Crippen molar-refractivity contribution in [3.8, 4) is 16.9 Å². The second kappa shape index (κ2) is 10.2. The van der Waals surface area contributed by atoms with E-state index >= 15 is 4.39 Å².